The van der Waals surface area contributed by atoms with E-state index in [0.717, 1.165) is 29.4 Å². The standard InChI is InChI=1S/C22H24O4S/c1-15(2)27(24,25)14-18-6-4-17(5-7-18)8-9-19-10-12-21-20(16(19)3)11-13-22(23)26-21/h4-7,10-13,15H,8-9,14H2,1-3H3. The van der Waals surface area contributed by atoms with Crippen molar-refractivity contribution in [2.75, 3.05) is 0 Å². The lowest BCUT2D eigenvalue weighted by atomic mass is 9.97. The third-order valence-electron chi connectivity index (χ3n) is 4.98. The van der Waals surface area contributed by atoms with E-state index in [9.17, 15) is 13.2 Å². The zero-order valence-electron chi connectivity index (χ0n) is 15.9. The largest absolute Gasteiger partial charge is 0.423 e. The van der Waals surface area contributed by atoms with E-state index in [-0.39, 0.29) is 16.6 Å². The van der Waals surface area contributed by atoms with Crippen molar-refractivity contribution in [2.45, 2.75) is 44.6 Å². The fourth-order valence-electron chi connectivity index (χ4n) is 3.09. The molecule has 0 fully saturated rings. The summed E-state index contributed by atoms with van der Waals surface area (Å²) in [7, 11) is -3.08. The van der Waals surface area contributed by atoms with E-state index in [1.165, 1.54) is 17.2 Å². The monoisotopic (exact) mass is 384 g/mol. The summed E-state index contributed by atoms with van der Waals surface area (Å²) in [5, 5.41) is 0.596. The SMILES string of the molecule is Cc1c(CCc2ccc(CS(=O)(=O)C(C)C)cc2)ccc2oc(=O)ccc12. The van der Waals surface area contributed by atoms with Gasteiger partial charge >= 0.3 is 5.63 Å². The lowest BCUT2D eigenvalue weighted by Gasteiger charge is -2.10. The molecule has 0 bridgehead atoms. The van der Waals surface area contributed by atoms with Crippen molar-refractivity contribution in [3.05, 3.63) is 81.2 Å². The second-order valence-electron chi connectivity index (χ2n) is 7.19. The average Bonchev–Trinajstić information content (AvgIpc) is 2.62. The Kier molecular flexibility index (Phi) is 5.51. The lowest BCUT2D eigenvalue weighted by Crippen LogP contribution is -2.15. The van der Waals surface area contributed by atoms with Gasteiger partial charge in [0.25, 0.3) is 0 Å². The highest BCUT2D eigenvalue weighted by atomic mass is 32.2. The number of hydrogen-bond acceptors (Lipinski definition) is 4. The van der Waals surface area contributed by atoms with Gasteiger partial charge in [-0.3, -0.25) is 0 Å². The molecule has 1 aromatic heterocycles. The van der Waals surface area contributed by atoms with Crippen LogP contribution in [0.4, 0.5) is 0 Å². The summed E-state index contributed by atoms with van der Waals surface area (Å²) in [5.74, 6) is 0.0833. The highest BCUT2D eigenvalue weighted by Gasteiger charge is 2.16. The molecule has 0 aliphatic heterocycles. The molecule has 2 aromatic carbocycles. The molecule has 3 rings (SSSR count). The summed E-state index contributed by atoms with van der Waals surface area (Å²) in [4.78, 5) is 11.3. The van der Waals surface area contributed by atoms with E-state index in [2.05, 4.69) is 0 Å². The zero-order valence-corrected chi connectivity index (χ0v) is 16.7. The Bertz CT molecular complexity index is 1110. The van der Waals surface area contributed by atoms with Crippen LogP contribution in [0.15, 0.2) is 57.7 Å². The predicted molar refractivity (Wildman–Crippen MR) is 109 cm³/mol. The number of sulfone groups is 1. The Morgan fingerprint density at radius 3 is 2.22 bits per heavy atom. The molecule has 0 unspecified atom stereocenters. The number of benzene rings is 2. The maximum absolute atomic E-state index is 12.0. The molecule has 1 heterocycles. The molecular formula is C22H24O4S. The van der Waals surface area contributed by atoms with Gasteiger partial charge in [0.15, 0.2) is 9.84 Å². The van der Waals surface area contributed by atoms with Crippen LogP contribution in [0.3, 0.4) is 0 Å². The maximum atomic E-state index is 12.0. The van der Waals surface area contributed by atoms with Crippen LogP contribution in [-0.4, -0.2) is 13.7 Å². The second-order valence-corrected chi connectivity index (χ2v) is 9.75. The Morgan fingerprint density at radius 1 is 0.889 bits per heavy atom. The number of aryl methyl sites for hydroxylation is 3. The van der Waals surface area contributed by atoms with Crippen LogP contribution >= 0.6 is 0 Å². The van der Waals surface area contributed by atoms with Crippen molar-refractivity contribution < 1.29 is 12.8 Å². The van der Waals surface area contributed by atoms with E-state index in [1.54, 1.807) is 13.8 Å². The first-order valence-corrected chi connectivity index (χ1v) is 10.8. The van der Waals surface area contributed by atoms with Gasteiger partial charge in [0.05, 0.1) is 11.0 Å². The molecule has 142 valence electrons. The Morgan fingerprint density at radius 2 is 1.56 bits per heavy atom. The highest BCUT2D eigenvalue weighted by Crippen LogP contribution is 2.22. The minimum Gasteiger partial charge on any atom is -0.423 e. The Balaban J connectivity index is 1.72. The van der Waals surface area contributed by atoms with Gasteiger partial charge in [-0.15, -0.1) is 0 Å². The van der Waals surface area contributed by atoms with Crippen molar-refractivity contribution in [3.8, 4) is 0 Å². The molecule has 0 saturated carbocycles. The quantitative estimate of drug-likeness (QED) is 0.597. The van der Waals surface area contributed by atoms with Gasteiger partial charge < -0.3 is 4.42 Å². The van der Waals surface area contributed by atoms with Crippen LogP contribution in [-0.2, 0) is 28.4 Å². The molecule has 4 nitrogen and oxygen atoms in total. The van der Waals surface area contributed by atoms with Crippen LogP contribution in [0.25, 0.3) is 11.0 Å². The molecule has 0 atom stereocenters. The first kappa shape index (κ1) is 19.4. The summed E-state index contributed by atoms with van der Waals surface area (Å²) >= 11 is 0. The molecular weight excluding hydrogens is 360 g/mol. The molecule has 0 radical (unpaired) electrons. The van der Waals surface area contributed by atoms with Crippen LogP contribution < -0.4 is 5.63 Å². The van der Waals surface area contributed by atoms with Gasteiger partial charge in [-0.05, 0) is 68.0 Å². The lowest BCUT2D eigenvalue weighted by molar-refractivity contribution is 0.560. The van der Waals surface area contributed by atoms with Gasteiger partial charge in [-0.1, -0.05) is 30.3 Å². The molecule has 27 heavy (non-hydrogen) atoms. The van der Waals surface area contributed by atoms with Gasteiger partial charge in [0.1, 0.15) is 5.58 Å². The third kappa shape index (κ3) is 4.48. The van der Waals surface area contributed by atoms with Crippen molar-refractivity contribution in [1.82, 2.24) is 0 Å². The maximum Gasteiger partial charge on any atom is 0.336 e. The van der Waals surface area contributed by atoms with Crippen molar-refractivity contribution in [2.24, 2.45) is 0 Å². The van der Waals surface area contributed by atoms with Crippen molar-refractivity contribution in [1.29, 1.82) is 0 Å². The summed E-state index contributed by atoms with van der Waals surface area (Å²) in [6.45, 7) is 5.46. The second kappa shape index (κ2) is 7.69. The molecule has 0 spiro atoms. The fraction of sp³-hybridized carbons (Fsp3) is 0.318. The van der Waals surface area contributed by atoms with E-state index >= 15 is 0 Å². The van der Waals surface area contributed by atoms with Crippen LogP contribution in [0, 0.1) is 6.92 Å². The van der Waals surface area contributed by atoms with E-state index in [1.807, 2.05) is 49.4 Å². The minimum absolute atomic E-state index is 0.0833. The molecule has 0 aliphatic carbocycles. The molecule has 0 amide bonds. The van der Waals surface area contributed by atoms with Gasteiger partial charge in [0.2, 0.25) is 0 Å². The van der Waals surface area contributed by atoms with Gasteiger partial charge in [-0.25, -0.2) is 13.2 Å². The van der Waals surface area contributed by atoms with Gasteiger partial charge in [0, 0.05) is 11.5 Å². The fourth-order valence-corrected chi connectivity index (χ4v) is 4.08. The Labute approximate surface area is 159 Å². The average molecular weight is 384 g/mol. The van der Waals surface area contributed by atoms with E-state index in [0.29, 0.717) is 5.58 Å². The predicted octanol–water partition coefficient (Wildman–Crippen LogP) is 4.21. The molecule has 0 saturated heterocycles. The van der Waals surface area contributed by atoms with Crippen LogP contribution in [0.2, 0.25) is 0 Å². The molecule has 3 aromatic rings. The van der Waals surface area contributed by atoms with E-state index in [4.69, 9.17) is 4.42 Å². The molecule has 0 aliphatic rings. The van der Waals surface area contributed by atoms with Crippen LogP contribution in [0.5, 0.6) is 0 Å². The molecule has 0 N–H and O–H groups in total. The topological polar surface area (TPSA) is 64.3 Å². The summed E-state index contributed by atoms with van der Waals surface area (Å²) in [6.07, 6.45) is 1.73. The normalized spacial score (nSPS) is 12.0. The zero-order chi connectivity index (χ0) is 19.6. The number of hydrogen-bond donors (Lipinski definition) is 0. The Hall–Kier alpha value is -2.40. The van der Waals surface area contributed by atoms with Gasteiger partial charge in [-0.2, -0.15) is 0 Å². The number of fused-ring (bicyclic) bond motifs is 1. The van der Waals surface area contributed by atoms with Crippen molar-refractivity contribution in [3.63, 3.8) is 0 Å². The third-order valence-corrected chi connectivity index (χ3v) is 7.15. The smallest absolute Gasteiger partial charge is 0.336 e. The molecule has 5 heteroatoms. The highest BCUT2D eigenvalue weighted by molar-refractivity contribution is 7.91. The summed E-state index contributed by atoms with van der Waals surface area (Å²) < 4.78 is 29.3. The van der Waals surface area contributed by atoms with Crippen LogP contribution in [0.1, 0.15) is 36.1 Å². The minimum atomic E-state index is -3.08. The van der Waals surface area contributed by atoms with Crippen molar-refractivity contribution >= 4 is 20.8 Å². The summed E-state index contributed by atoms with van der Waals surface area (Å²) in [6, 6.07) is 14.9. The van der Waals surface area contributed by atoms with E-state index < -0.39 is 9.84 Å². The first-order valence-electron chi connectivity index (χ1n) is 9.08. The number of rotatable bonds is 6. The summed E-state index contributed by atoms with van der Waals surface area (Å²) in [5.41, 5.74) is 4.59. The first-order chi connectivity index (χ1) is 12.8.